The molecule has 0 heterocycles. The predicted molar refractivity (Wildman–Crippen MR) is 136 cm³/mol. The van der Waals surface area contributed by atoms with E-state index in [1.807, 2.05) is 13.8 Å². The van der Waals surface area contributed by atoms with Gasteiger partial charge in [-0.3, -0.25) is 4.79 Å². The molecule has 0 aromatic heterocycles. The highest BCUT2D eigenvalue weighted by Gasteiger charge is 2.41. The SMILES string of the molecule is Cc1ccc(C(=O)O[C@H](C(=O)Nc2ccc(Br)c(Cl)c2)[C@@H](OC(=O)c2ccc(C)cc2)C(=O)O)cc1. The van der Waals surface area contributed by atoms with Crippen LogP contribution in [0.15, 0.2) is 71.2 Å². The van der Waals surface area contributed by atoms with Gasteiger partial charge in [0.2, 0.25) is 12.2 Å². The molecule has 2 atom stereocenters. The summed E-state index contributed by atoms with van der Waals surface area (Å²) in [5.41, 5.74) is 2.11. The Morgan fingerprint density at radius 1 is 0.806 bits per heavy atom. The third kappa shape index (κ3) is 6.93. The Bertz CT molecular complexity index is 1290. The molecule has 0 spiro atoms. The first-order chi connectivity index (χ1) is 17.0. The van der Waals surface area contributed by atoms with Crippen LogP contribution in [0.2, 0.25) is 5.02 Å². The lowest BCUT2D eigenvalue weighted by Gasteiger charge is -2.23. The van der Waals surface area contributed by atoms with Gasteiger partial charge in [-0.2, -0.15) is 0 Å². The number of ether oxygens (including phenoxy) is 2. The van der Waals surface area contributed by atoms with Crippen molar-refractivity contribution in [2.24, 2.45) is 0 Å². The number of benzene rings is 3. The molecule has 10 heteroatoms. The summed E-state index contributed by atoms with van der Waals surface area (Å²) in [7, 11) is 0. The molecule has 3 aromatic carbocycles. The second-order valence-electron chi connectivity index (χ2n) is 7.84. The number of carbonyl (C=O) groups excluding carboxylic acids is 3. The first-order valence-corrected chi connectivity index (χ1v) is 11.8. The number of hydrogen-bond acceptors (Lipinski definition) is 6. The zero-order chi connectivity index (χ0) is 26.4. The molecule has 186 valence electrons. The Balaban J connectivity index is 1.92. The van der Waals surface area contributed by atoms with Crippen LogP contribution in [0.4, 0.5) is 5.69 Å². The molecule has 0 unspecified atom stereocenters. The highest BCUT2D eigenvalue weighted by atomic mass is 79.9. The van der Waals surface area contributed by atoms with E-state index in [-0.39, 0.29) is 21.8 Å². The number of hydrogen-bond donors (Lipinski definition) is 2. The molecular formula is C26H21BrClNO7. The van der Waals surface area contributed by atoms with E-state index in [1.165, 1.54) is 36.4 Å². The zero-order valence-corrected chi connectivity index (χ0v) is 21.5. The number of rotatable bonds is 8. The predicted octanol–water partition coefficient (Wildman–Crippen LogP) is 5.19. The van der Waals surface area contributed by atoms with Gasteiger partial charge >= 0.3 is 17.9 Å². The van der Waals surface area contributed by atoms with Crippen LogP contribution in [0, 0.1) is 13.8 Å². The summed E-state index contributed by atoms with van der Waals surface area (Å²) in [6.45, 7) is 3.63. The molecule has 0 bridgehead atoms. The van der Waals surface area contributed by atoms with Crippen LogP contribution in [0.1, 0.15) is 31.8 Å². The third-order valence-electron chi connectivity index (χ3n) is 5.01. The van der Waals surface area contributed by atoms with Crippen LogP contribution in [0.3, 0.4) is 0 Å². The van der Waals surface area contributed by atoms with Gasteiger partial charge in [0.1, 0.15) is 0 Å². The van der Waals surface area contributed by atoms with Crippen LogP contribution >= 0.6 is 27.5 Å². The van der Waals surface area contributed by atoms with Crippen molar-refractivity contribution in [1.29, 1.82) is 0 Å². The molecule has 36 heavy (non-hydrogen) atoms. The largest absolute Gasteiger partial charge is 0.478 e. The van der Waals surface area contributed by atoms with Gasteiger partial charge in [0.25, 0.3) is 5.91 Å². The van der Waals surface area contributed by atoms with Crippen molar-refractivity contribution in [3.8, 4) is 0 Å². The van der Waals surface area contributed by atoms with Gasteiger partial charge in [-0.25, -0.2) is 14.4 Å². The lowest BCUT2D eigenvalue weighted by atomic mass is 10.1. The standard InChI is InChI=1S/C26H21BrClNO7/c1-14-3-7-16(8-4-14)25(33)35-21(23(30)29-18-11-12-19(27)20(28)13-18)22(24(31)32)36-26(34)17-9-5-15(2)6-10-17/h3-13,21-22H,1-2H3,(H,29,30)(H,31,32)/t21-,22+/m0/s1. The van der Waals surface area contributed by atoms with Crippen LogP contribution < -0.4 is 5.32 Å². The molecule has 0 radical (unpaired) electrons. The minimum absolute atomic E-state index is 0.0653. The number of esters is 2. The first-order valence-electron chi connectivity index (χ1n) is 10.6. The van der Waals surface area contributed by atoms with E-state index in [0.717, 1.165) is 11.1 Å². The number of amides is 1. The average molecular weight is 575 g/mol. The Morgan fingerprint density at radius 3 is 1.72 bits per heavy atom. The fourth-order valence-corrected chi connectivity index (χ4v) is 3.45. The van der Waals surface area contributed by atoms with Crippen LogP contribution in [-0.4, -0.2) is 41.1 Å². The quantitative estimate of drug-likeness (QED) is 0.355. The number of carboxylic acid groups (broad SMARTS) is 1. The van der Waals surface area contributed by atoms with Crippen LogP contribution in [0.25, 0.3) is 0 Å². The van der Waals surface area contributed by atoms with Crippen molar-refractivity contribution in [2.75, 3.05) is 5.32 Å². The van der Waals surface area contributed by atoms with E-state index < -0.39 is 36.0 Å². The van der Waals surface area contributed by atoms with Crippen molar-refractivity contribution in [2.45, 2.75) is 26.1 Å². The maximum atomic E-state index is 13.1. The normalized spacial score (nSPS) is 12.2. The number of anilines is 1. The average Bonchev–Trinajstić information content (AvgIpc) is 2.84. The summed E-state index contributed by atoms with van der Waals surface area (Å²) in [6, 6.07) is 16.9. The summed E-state index contributed by atoms with van der Waals surface area (Å²) < 4.78 is 11.0. The molecule has 0 aliphatic carbocycles. The number of carbonyl (C=O) groups is 4. The fraction of sp³-hybridized carbons (Fsp3) is 0.154. The van der Waals surface area contributed by atoms with Crippen LogP contribution in [0.5, 0.6) is 0 Å². The highest BCUT2D eigenvalue weighted by molar-refractivity contribution is 9.10. The Hall–Kier alpha value is -3.69. The second kappa shape index (κ2) is 11.8. The summed E-state index contributed by atoms with van der Waals surface area (Å²) in [5.74, 6) is -4.68. The Kier molecular flexibility index (Phi) is 8.84. The lowest BCUT2D eigenvalue weighted by Crippen LogP contribution is -2.48. The minimum Gasteiger partial charge on any atom is -0.478 e. The van der Waals surface area contributed by atoms with Crippen molar-refractivity contribution < 1.29 is 33.8 Å². The molecule has 8 nitrogen and oxygen atoms in total. The van der Waals surface area contributed by atoms with Gasteiger partial charge in [0, 0.05) is 10.2 Å². The summed E-state index contributed by atoms with van der Waals surface area (Å²) in [6.07, 6.45) is -4.16. The maximum absolute atomic E-state index is 13.1. The molecule has 0 aliphatic rings. The van der Waals surface area contributed by atoms with Crippen molar-refractivity contribution in [1.82, 2.24) is 0 Å². The number of carboxylic acids is 1. The molecular weight excluding hydrogens is 554 g/mol. The molecule has 3 rings (SSSR count). The molecule has 0 saturated heterocycles. The second-order valence-corrected chi connectivity index (χ2v) is 9.10. The van der Waals surface area contributed by atoms with E-state index in [0.29, 0.717) is 4.47 Å². The molecule has 2 N–H and O–H groups in total. The highest BCUT2D eigenvalue weighted by Crippen LogP contribution is 2.26. The van der Waals surface area contributed by atoms with E-state index in [4.69, 9.17) is 21.1 Å². The topological polar surface area (TPSA) is 119 Å². The fourth-order valence-electron chi connectivity index (χ4n) is 3.03. The summed E-state index contributed by atoms with van der Waals surface area (Å²) >= 11 is 9.30. The first kappa shape index (κ1) is 26.9. The van der Waals surface area contributed by atoms with Gasteiger partial charge in [-0.05, 0) is 72.2 Å². The Labute approximate surface area is 220 Å². The van der Waals surface area contributed by atoms with Gasteiger partial charge in [-0.15, -0.1) is 0 Å². The van der Waals surface area contributed by atoms with Gasteiger partial charge < -0.3 is 19.9 Å². The molecule has 0 aliphatic heterocycles. The smallest absolute Gasteiger partial charge is 0.349 e. The zero-order valence-electron chi connectivity index (χ0n) is 19.2. The third-order valence-corrected chi connectivity index (χ3v) is 6.24. The summed E-state index contributed by atoms with van der Waals surface area (Å²) in [4.78, 5) is 50.7. The monoisotopic (exact) mass is 573 g/mol. The number of halogens is 2. The maximum Gasteiger partial charge on any atom is 0.349 e. The number of aliphatic carboxylic acids is 1. The van der Waals surface area contributed by atoms with E-state index in [9.17, 15) is 24.3 Å². The Morgan fingerprint density at radius 2 is 1.28 bits per heavy atom. The van der Waals surface area contributed by atoms with Gasteiger partial charge in [0.05, 0.1) is 16.1 Å². The van der Waals surface area contributed by atoms with E-state index in [2.05, 4.69) is 21.2 Å². The van der Waals surface area contributed by atoms with Crippen molar-refractivity contribution in [3.63, 3.8) is 0 Å². The van der Waals surface area contributed by atoms with Gasteiger partial charge in [-0.1, -0.05) is 47.0 Å². The van der Waals surface area contributed by atoms with Crippen LogP contribution in [-0.2, 0) is 19.1 Å². The minimum atomic E-state index is -2.14. The lowest BCUT2D eigenvalue weighted by molar-refractivity contribution is -0.157. The molecule has 0 fully saturated rings. The molecule has 0 saturated carbocycles. The van der Waals surface area contributed by atoms with Crippen molar-refractivity contribution in [3.05, 3.63) is 98.5 Å². The summed E-state index contributed by atoms with van der Waals surface area (Å²) in [5, 5.41) is 12.6. The van der Waals surface area contributed by atoms with E-state index in [1.54, 1.807) is 30.3 Å². The molecule has 3 aromatic rings. The van der Waals surface area contributed by atoms with Crippen molar-refractivity contribution >= 4 is 57.0 Å². The van der Waals surface area contributed by atoms with E-state index >= 15 is 0 Å². The van der Waals surface area contributed by atoms with Gasteiger partial charge in [0.15, 0.2) is 0 Å². The number of aryl methyl sites for hydroxylation is 2. The molecule has 1 amide bonds. The number of nitrogens with one attached hydrogen (secondary N) is 1.